The van der Waals surface area contributed by atoms with Crippen molar-refractivity contribution in [1.82, 2.24) is 14.9 Å². The van der Waals surface area contributed by atoms with Gasteiger partial charge in [-0.25, -0.2) is 4.85 Å². The molecular weight excluding hydrogens is 503 g/mol. The van der Waals surface area contributed by atoms with E-state index in [4.69, 9.17) is 34.5 Å². The van der Waals surface area contributed by atoms with E-state index in [0.717, 1.165) is 54.0 Å². The van der Waals surface area contributed by atoms with Gasteiger partial charge in [0, 0.05) is 12.0 Å². The van der Waals surface area contributed by atoms with Crippen LogP contribution in [0.5, 0.6) is 6.01 Å². The van der Waals surface area contributed by atoms with Crippen molar-refractivity contribution in [2.24, 2.45) is 5.92 Å². The summed E-state index contributed by atoms with van der Waals surface area (Å²) in [4.78, 5) is 14.0. The van der Waals surface area contributed by atoms with Crippen molar-refractivity contribution in [3.63, 3.8) is 0 Å². The molecule has 1 N–H and O–H groups in total. The molecule has 5 nitrogen and oxygen atoms in total. The lowest BCUT2D eigenvalue weighted by molar-refractivity contribution is 0.105. The molecule has 0 unspecified atom stereocenters. The van der Waals surface area contributed by atoms with Crippen molar-refractivity contribution < 1.29 is 4.74 Å². The van der Waals surface area contributed by atoms with Crippen LogP contribution in [0.1, 0.15) is 31.2 Å². The Balaban J connectivity index is 1.25. The number of nitrogens with zero attached hydrogens (tertiary/aromatic N) is 3. The van der Waals surface area contributed by atoms with Crippen molar-refractivity contribution in [3.8, 4) is 17.1 Å². The molecule has 0 radical (unpaired) electrons. The highest BCUT2D eigenvalue weighted by molar-refractivity contribution is 6.42. The molecule has 0 spiro atoms. The number of H-pyrrole nitrogens is 1. The number of piperidine rings is 1. The summed E-state index contributed by atoms with van der Waals surface area (Å²) < 4.78 is 6.34. The van der Waals surface area contributed by atoms with Crippen LogP contribution in [0, 0.1) is 12.5 Å². The summed E-state index contributed by atoms with van der Waals surface area (Å²) >= 11 is 12.4. The number of aromatic amines is 1. The first-order chi connectivity index (χ1) is 18.0. The SMILES string of the molecule is [C-]#[N+]c1cccc(-c2ccc(C3(COc4nc5cc(Cl)c(Cl)cc5[nH]4)CCN(CC4CC4)CC3)cc2)c1. The first kappa shape index (κ1) is 24.3. The molecule has 0 bridgehead atoms. The number of likely N-dealkylation sites (tertiary alicyclic amines) is 1. The Hall–Kier alpha value is -3.04. The zero-order valence-electron chi connectivity index (χ0n) is 20.5. The maximum absolute atomic E-state index is 7.32. The van der Waals surface area contributed by atoms with Gasteiger partial charge in [-0.2, -0.15) is 4.98 Å². The third-order valence-corrected chi connectivity index (χ3v) is 8.54. The van der Waals surface area contributed by atoms with Gasteiger partial charge in [-0.15, -0.1) is 0 Å². The number of hydrogen-bond donors (Lipinski definition) is 1. The molecule has 0 atom stereocenters. The summed E-state index contributed by atoms with van der Waals surface area (Å²) in [6.45, 7) is 11.2. The topological polar surface area (TPSA) is 45.5 Å². The third-order valence-electron chi connectivity index (χ3n) is 7.82. The average Bonchev–Trinajstić information content (AvgIpc) is 3.66. The molecule has 1 aromatic heterocycles. The first-order valence-corrected chi connectivity index (χ1v) is 13.6. The van der Waals surface area contributed by atoms with Gasteiger partial charge in [-0.1, -0.05) is 65.7 Å². The maximum atomic E-state index is 7.32. The number of nitrogens with one attached hydrogen (secondary N) is 1. The number of fused-ring (bicyclic) bond motifs is 1. The van der Waals surface area contributed by atoms with Crippen molar-refractivity contribution in [2.75, 3.05) is 26.2 Å². The maximum Gasteiger partial charge on any atom is 0.294 e. The first-order valence-electron chi connectivity index (χ1n) is 12.8. The molecule has 2 fully saturated rings. The minimum absolute atomic E-state index is 0.106. The third kappa shape index (κ3) is 5.20. The van der Waals surface area contributed by atoms with Crippen LogP contribution >= 0.6 is 23.2 Å². The second-order valence-corrected chi connectivity index (χ2v) is 11.2. The van der Waals surface area contributed by atoms with Crippen LogP contribution in [-0.4, -0.2) is 41.1 Å². The molecule has 1 aliphatic heterocycles. The molecule has 0 amide bonds. The lowest BCUT2D eigenvalue weighted by atomic mass is 9.73. The van der Waals surface area contributed by atoms with E-state index in [0.29, 0.717) is 28.3 Å². The molecule has 3 aromatic carbocycles. The lowest BCUT2D eigenvalue weighted by Crippen LogP contribution is -2.46. The highest BCUT2D eigenvalue weighted by atomic mass is 35.5. The van der Waals surface area contributed by atoms with Crippen LogP contribution in [0.3, 0.4) is 0 Å². The Morgan fingerprint density at radius 2 is 1.76 bits per heavy atom. The number of imidazole rings is 1. The Bertz CT molecular complexity index is 1420. The van der Waals surface area contributed by atoms with E-state index in [-0.39, 0.29) is 5.41 Å². The predicted octanol–water partition coefficient (Wildman–Crippen LogP) is 7.91. The normalized spacial score (nSPS) is 17.5. The Morgan fingerprint density at radius 3 is 2.49 bits per heavy atom. The van der Waals surface area contributed by atoms with E-state index in [1.54, 1.807) is 12.1 Å². The summed E-state index contributed by atoms with van der Waals surface area (Å²) in [5, 5.41) is 0.972. The quantitative estimate of drug-likeness (QED) is 0.247. The van der Waals surface area contributed by atoms with E-state index in [2.05, 4.69) is 50.0 Å². The number of aromatic nitrogens is 2. The minimum Gasteiger partial charge on any atom is -0.464 e. The molecule has 2 aliphatic rings. The molecule has 1 aliphatic carbocycles. The van der Waals surface area contributed by atoms with Crippen LogP contribution in [0.15, 0.2) is 60.7 Å². The summed E-state index contributed by atoms with van der Waals surface area (Å²) in [5.74, 6) is 0.892. The van der Waals surface area contributed by atoms with Gasteiger partial charge >= 0.3 is 0 Å². The van der Waals surface area contributed by atoms with E-state index in [9.17, 15) is 0 Å². The number of hydrogen-bond acceptors (Lipinski definition) is 3. The van der Waals surface area contributed by atoms with Crippen molar-refractivity contribution in [1.29, 1.82) is 0 Å². The summed E-state index contributed by atoms with van der Waals surface area (Å²) in [6, 6.07) is 20.6. The highest BCUT2D eigenvalue weighted by Gasteiger charge is 2.38. The Kier molecular flexibility index (Phi) is 6.58. The zero-order chi connectivity index (χ0) is 25.4. The van der Waals surface area contributed by atoms with Gasteiger partial charge in [0.1, 0.15) is 6.61 Å². The second kappa shape index (κ2) is 10.0. The molecule has 188 valence electrons. The predicted molar refractivity (Wildman–Crippen MR) is 150 cm³/mol. The fraction of sp³-hybridized carbons (Fsp3) is 0.333. The van der Waals surface area contributed by atoms with Crippen LogP contribution in [0.25, 0.3) is 27.0 Å². The van der Waals surface area contributed by atoms with E-state index >= 15 is 0 Å². The van der Waals surface area contributed by atoms with E-state index < -0.39 is 0 Å². The van der Waals surface area contributed by atoms with E-state index in [1.807, 2.05) is 18.2 Å². The molecule has 6 rings (SSSR count). The lowest BCUT2D eigenvalue weighted by Gasteiger charge is -2.42. The van der Waals surface area contributed by atoms with Crippen LogP contribution < -0.4 is 4.74 Å². The van der Waals surface area contributed by atoms with Crippen LogP contribution in [0.4, 0.5) is 5.69 Å². The molecule has 1 saturated carbocycles. The molecule has 4 aromatic rings. The highest BCUT2D eigenvalue weighted by Crippen LogP contribution is 2.39. The smallest absolute Gasteiger partial charge is 0.294 e. The molecule has 7 heteroatoms. The molecule has 1 saturated heterocycles. The van der Waals surface area contributed by atoms with Gasteiger partial charge in [0.15, 0.2) is 5.69 Å². The van der Waals surface area contributed by atoms with Crippen LogP contribution in [0.2, 0.25) is 10.0 Å². The number of benzene rings is 3. The van der Waals surface area contributed by atoms with E-state index in [1.165, 1.54) is 24.9 Å². The van der Waals surface area contributed by atoms with Gasteiger partial charge in [-0.05, 0) is 79.6 Å². The summed E-state index contributed by atoms with van der Waals surface area (Å²) in [7, 11) is 0. The molecule has 2 heterocycles. The second-order valence-electron chi connectivity index (χ2n) is 10.4. The summed E-state index contributed by atoms with van der Waals surface area (Å²) in [5.41, 5.74) is 5.55. The number of rotatable bonds is 7. The standard InChI is InChI=1S/C30H28Cl2N4O/c1-33-24-4-2-3-22(15-24)21-7-9-23(10-8-21)30(11-13-36(14-12-30)18-20-5-6-20)19-37-29-34-27-16-25(31)26(32)17-28(27)35-29/h2-4,7-10,15-17,20H,5-6,11-14,18-19H2,(H,34,35). The van der Waals surface area contributed by atoms with Gasteiger partial charge in [0.25, 0.3) is 6.01 Å². The average molecular weight is 531 g/mol. The Morgan fingerprint density at radius 1 is 1.00 bits per heavy atom. The Labute approximate surface area is 227 Å². The van der Waals surface area contributed by atoms with Crippen molar-refractivity contribution >= 4 is 39.9 Å². The summed E-state index contributed by atoms with van der Waals surface area (Å²) in [6.07, 6.45) is 4.82. The van der Waals surface area contributed by atoms with Crippen LogP contribution in [-0.2, 0) is 5.41 Å². The largest absolute Gasteiger partial charge is 0.464 e. The fourth-order valence-electron chi connectivity index (χ4n) is 5.37. The van der Waals surface area contributed by atoms with Gasteiger partial charge < -0.3 is 14.6 Å². The van der Waals surface area contributed by atoms with Crippen molar-refractivity contribution in [3.05, 3.63) is 87.7 Å². The zero-order valence-corrected chi connectivity index (χ0v) is 22.0. The van der Waals surface area contributed by atoms with Gasteiger partial charge in [0.2, 0.25) is 0 Å². The minimum atomic E-state index is -0.106. The molecule has 37 heavy (non-hydrogen) atoms. The van der Waals surface area contributed by atoms with Crippen molar-refractivity contribution in [2.45, 2.75) is 31.1 Å². The number of halogens is 2. The van der Waals surface area contributed by atoms with Gasteiger partial charge in [-0.3, -0.25) is 0 Å². The molecular formula is C30H28Cl2N4O. The van der Waals surface area contributed by atoms with Gasteiger partial charge in [0.05, 0.1) is 27.7 Å². The monoisotopic (exact) mass is 530 g/mol. The number of ether oxygens (including phenoxy) is 1. The fourth-order valence-corrected chi connectivity index (χ4v) is 5.69.